The SMILES string of the molecule is CCC(CC)n1nc(C)c2nc(-c3ccc(C(C)C)nc3OC)c(OC)nc21. The summed E-state index contributed by atoms with van der Waals surface area (Å²) >= 11 is 0. The van der Waals surface area contributed by atoms with Crippen LogP contribution in [0.15, 0.2) is 12.1 Å². The molecule has 0 aliphatic carbocycles. The van der Waals surface area contributed by atoms with Crippen molar-refractivity contribution in [2.45, 2.75) is 59.4 Å². The number of fused-ring (bicyclic) bond motifs is 1. The number of methoxy groups -OCH3 is 2. The van der Waals surface area contributed by atoms with Crippen molar-refractivity contribution >= 4 is 11.2 Å². The Labute approximate surface area is 166 Å². The topological polar surface area (TPSA) is 75.0 Å². The third kappa shape index (κ3) is 3.41. The van der Waals surface area contributed by atoms with Crippen LogP contribution in [0, 0.1) is 6.92 Å². The van der Waals surface area contributed by atoms with Crippen LogP contribution in [0.1, 0.15) is 63.9 Å². The Balaban J connectivity index is 2.24. The van der Waals surface area contributed by atoms with E-state index in [2.05, 4.69) is 32.7 Å². The smallest absolute Gasteiger partial charge is 0.242 e. The third-order valence-electron chi connectivity index (χ3n) is 5.07. The summed E-state index contributed by atoms with van der Waals surface area (Å²) in [6.45, 7) is 10.5. The summed E-state index contributed by atoms with van der Waals surface area (Å²) in [5, 5.41) is 4.71. The normalized spacial score (nSPS) is 11.6. The van der Waals surface area contributed by atoms with Gasteiger partial charge in [-0.15, -0.1) is 0 Å². The van der Waals surface area contributed by atoms with E-state index in [1.165, 1.54) is 0 Å². The van der Waals surface area contributed by atoms with Gasteiger partial charge in [0.15, 0.2) is 5.65 Å². The average Bonchev–Trinajstić information content (AvgIpc) is 3.03. The molecule has 3 heterocycles. The second kappa shape index (κ2) is 8.12. The second-order valence-electron chi connectivity index (χ2n) is 7.20. The van der Waals surface area contributed by atoms with Crippen molar-refractivity contribution in [1.82, 2.24) is 24.7 Å². The van der Waals surface area contributed by atoms with Crippen LogP contribution >= 0.6 is 0 Å². The van der Waals surface area contributed by atoms with E-state index in [1.54, 1.807) is 14.2 Å². The third-order valence-corrected chi connectivity index (χ3v) is 5.07. The molecule has 0 aliphatic heterocycles. The first-order valence-electron chi connectivity index (χ1n) is 9.81. The Morgan fingerprint density at radius 1 is 0.964 bits per heavy atom. The zero-order valence-corrected chi connectivity index (χ0v) is 17.8. The molecule has 0 aliphatic rings. The van der Waals surface area contributed by atoms with Crippen molar-refractivity contribution in [2.75, 3.05) is 14.2 Å². The van der Waals surface area contributed by atoms with Gasteiger partial charge in [0.2, 0.25) is 11.8 Å². The van der Waals surface area contributed by atoms with Gasteiger partial charge < -0.3 is 9.47 Å². The molecule has 0 bridgehead atoms. The lowest BCUT2D eigenvalue weighted by atomic mass is 10.1. The highest BCUT2D eigenvalue weighted by Gasteiger charge is 2.23. The number of rotatable bonds is 7. The van der Waals surface area contributed by atoms with Gasteiger partial charge in [-0.05, 0) is 37.8 Å². The van der Waals surface area contributed by atoms with Gasteiger partial charge in [-0.25, -0.2) is 14.6 Å². The first-order valence-corrected chi connectivity index (χ1v) is 9.81. The Morgan fingerprint density at radius 2 is 1.64 bits per heavy atom. The molecule has 7 heteroatoms. The van der Waals surface area contributed by atoms with Crippen molar-refractivity contribution in [3.63, 3.8) is 0 Å². The van der Waals surface area contributed by atoms with Crippen LogP contribution in [0.25, 0.3) is 22.4 Å². The molecule has 0 saturated heterocycles. The van der Waals surface area contributed by atoms with Gasteiger partial charge in [0.25, 0.3) is 0 Å². The molecule has 3 rings (SSSR count). The van der Waals surface area contributed by atoms with Gasteiger partial charge >= 0.3 is 0 Å². The molecule has 0 fully saturated rings. The molecule has 0 atom stereocenters. The zero-order chi connectivity index (χ0) is 20.4. The van der Waals surface area contributed by atoms with E-state index in [4.69, 9.17) is 24.5 Å². The monoisotopic (exact) mass is 383 g/mol. The number of hydrogen-bond donors (Lipinski definition) is 0. The fourth-order valence-electron chi connectivity index (χ4n) is 3.39. The molecular formula is C21H29N5O2. The van der Waals surface area contributed by atoms with Gasteiger partial charge in [-0.2, -0.15) is 10.1 Å². The highest BCUT2D eigenvalue weighted by Crippen LogP contribution is 2.36. The largest absolute Gasteiger partial charge is 0.480 e. The second-order valence-corrected chi connectivity index (χ2v) is 7.20. The summed E-state index contributed by atoms with van der Waals surface area (Å²) in [5.41, 5.74) is 4.71. The maximum atomic E-state index is 5.60. The van der Waals surface area contributed by atoms with Crippen molar-refractivity contribution in [1.29, 1.82) is 0 Å². The predicted molar refractivity (Wildman–Crippen MR) is 110 cm³/mol. The summed E-state index contributed by atoms with van der Waals surface area (Å²) in [6, 6.07) is 4.25. The van der Waals surface area contributed by atoms with E-state index in [9.17, 15) is 0 Å². The molecule has 7 nitrogen and oxygen atoms in total. The van der Waals surface area contributed by atoms with Crippen LogP contribution in [0.3, 0.4) is 0 Å². The first-order chi connectivity index (χ1) is 13.4. The molecule has 3 aromatic heterocycles. The highest BCUT2D eigenvalue weighted by molar-refractivity contribution is 5.80. The van der Waals surface area contributed by atoms with Crippen molar-refractivity contribution in [3.8, 4) is 23.0 Å². The van der Waals surface area contributed by atoms with Gasteiger partial charge in [0, 0.05) is 5.69 Å². The lowest BCUT2D eigenvalue weighted by Gasteiger charge is -2.15. The van der Waals surface area contributed by atoms with Gasteiger partial charge in [0.1, 0.15) is 11.2 Å². The molecule has 0 amide bonds. The van der Waals surface area contributed by atoms with Crippen LogP contribution in [0.4, 0.5) is 0 Å². The molecule has 0 saturated carbocycles. The molecule has 0 unspecified atom stereocenters. The number of hydrogen-bond acceptors (Lipinski definition) is 6. The van der Waals surface area contributed by atoms with E-state index in [1.807, 2.05) is 23.7 Å². The van der Waals surface area contributed by atoms with Crippen LogP contribution < -0.4 is 9.47 Å². The maximum Gasteiger partial charge on any atom is 0.242 e. The van der Waals surface area contributed by atoms with Crippen molar-refractivity contribution in [3.05, 3.63) is 23.5 Å². The average molecular weight is 383 g/mol. The number of ether oxygens (including phenoxy) is 2. The minimum Gasteiger partial charge on any atom is -0.480 e. The minimum atomic E-state index is 0.280. The Bertz CT molecular complexity index is 977. The summed E-state index contributed by atoms with van der Waals surface area (Å²) in [7, 11) is 3.22. The summed E-state index contributed by atoms with van der Waals surface area (Å²) in [4.78, 5) is 14.3. The highest BCUT2D eigenvalue weighted by atomic mass is 16.5. The molecule has 150 valence electrons. The quantitative estimate of drug-likeness (QED) is 0.589. The number of pyridine rings is 1. The van der Waals surface area contributed by atoms with E-state index < -0.39 is 0 Å². The summed E-state index contributed by atoms with van der Waals surface area (Å²) < 4.78 is 13.1. The first kappa shape index (κ1) is 20.0. The molecule has 28 heavy (non-hydrogen) atoms. The lowest BCUT2D eigenvalue weighted by molar-refractivity contribution is 0.389. The molecule has 0 aromatic carbocycles. The van der Waals surface area contributed by atoms with E-state index >= 15 is 0 Å². The summed E-state index contributed by atoms with van der Waals surface area (Å²) in [5.74, 6) is 1.26. The maximum absolute atomic E-state index is 5.60. The Morgan fingerprint density at radius 3 is 2.21 bits per heavy atom. The standard InChI is InChI=1S/C21H29N5O2/c1-8-14(9-2)26-19-17(13(5)25-26)23-18(21(24-19)28-7)15-10-11-16(12(3)4)22-20(15)27-6/h10-12,14H,8-9H2,1-7H3. The van der Waals surface area contributed by atoms with Crippen molar-refractivity contribution in [2.24, 2.45) is 0 Å². The number of aryl methyl sites for hydroxylation is 1. The number of nitrogens with zero attached hydrogens (tertiary/aromatic N) is 5. The lowest BCUT2D eigenvalue weighted by Crippen LogP contribution is -2.10. The molecule has 0 radical (unpaired) electrons. The van der Waals surface area contributed by atoms with Crippen LogP contribution in [0.2, 0.25) is 0 Å². The van der Waals surface area contributed by atoms with Gasteiger partial charge in [0.05, 0.1) is 31.5 Å². The van der Waals surface area contributed by atoms with Gasteiger partial charge in [-0.1, -0.05) is 27.7 Å². The number of aromatic nitrogens is 5. The Kier molecular flexibility index (Phi) is 5.82. The fourth-order valence-corrected chi connectivity index (χ4v) is 3.39. The van der Waals surface area contributed by atoms with Crippen LogP contribution in [-0.2, 0) is 0 Å². The van der Waals surface area contributed by atoms with Crippen LogP contribution in [-0.4, -0.2) is 39.0 Å². The Hall–Kier alpha value is -2.70. The van der Waals surface area contributed by atoms with Gasteiger partial charge in [-0.3, -0.25) is 0 Å². The zero-order valence-electron chi connectivity index (χ0n) is 17.8. The fraction of sp³-hybridized carbons (Fsp3) is 0.524. The molecular weight excluding hydrogens is 354 g/mol. The van der Waals surface area contributed by atoms with Crippen molar-refractivity contribution < 1.29 is 9.47 Å². The van der Waals surface area contributed by atoms with E-state index in [0.717, 1.165) is 41.0 Å². The molecule has 3 aromatic rings. The molecule has 0 N–H and O–H groups in total. The summed E-state index contributed by atoms with van der Waals surface area (Å²) in [6.07, 6.45) is 1.96. The predicted octanol–water partition coefficient (Wildman–Crippen LogP) is 4.70. The minimum absolute atomic E-state index is 0.280. The van der Waals surface area contributed by atoms with E-state index in [0.29, 0.717) is 23.4 Å². The van der Waals surface area contributed by atoms with Crippen LogP contribution in [0.5, 0.6) is 11.8 Å². The van der Waals surface area contributed by atoms with E-state index in [-0.39, 0.29) is 6.04 Å². The molecule has 0 spiro atoms.